The van der Waals surface area contributed by atoms with Crippen LogP contribution in [-0.4, -0.2) is 6.26 Å². The third-order valence-corrected chi connectivity index (χ3v) is 3.09. The number of nitrogens with two attached hydrogens (primary N) is 1. The second-order valence-electron chi connectivity index (χ2n) is 3.58. The lowest BCUT2D eigenvalue weighted by atomic mass is 10.2. The summed E-state index contributed by atoms with van der Waals surface area (Å²) in [6, 6.07) is 8.92. The lowest BCUT2D eigenvalue weighted by Crippen LogP contribution is -1.97. The first kappa shape index (κ1) is 12.7. The summed E-state index contributed by atoms with van der Waals surface area (Å²) < 4.78 is 31.6. The van der Waals surface area contributed by atoms with Crippen molar-refractivity contribution in [3.8, 4) is 11.5 Å². The van der Waals surface area contributed by atoms with Crippen LogP contribution in [0.2, 0.25) is 0 Å². The molecule has 0 bridgehead atoms. The molecule has 2 aromatic rings. The summed E-state index contributed by atoms with van der Waals surface area (Å²) in [5.74, 6) is -1.10. The molecule has 0 saturated carbocycles. The lowest BCUT2D eigenvalue weighted by molar-refractivity contribution is 0.471. The maximum atomic E-state index is 13.2. The molecule has 2 N–H and O–H groups in total. The van der Waals surface area contributed by atoms with Crippen molar-refractivity contribution in [2.24, 2.45) is 0 Å². The molecule has 0 atom stereocenters. The third kappa shape index (κ3) is 2.73. The number of halogens is 2. The molecule has 94 valence electrons. The van der Waals surface area contributed by atoms with Gasteiger partial charge in [-0.15, -0.1) is 11.8 Å². The van der Waals surface area contributed by atoms with Gasteiger partial charge in [-0.3, -0.25) is 0 Å². The summed E-state index contributed by atoms with van der Waals surface area (Å²) in [5.41, 5.74) is 5.28. The van der Waals surface area contributed by atoms with Crippen LogP contribution in [0.3, 0.4) is 0 Å². The van der Waals surface area contributed by atoms with Crippen molar-refractivity contribution in [3.05, 3.63) is 48.0 Å². The van der Waals surface area contributed by atoms with Gasteiger partial charge in [-0.2, -0.15) is 0 Å². The van der Waals surface area contributed by atoms with Crippen LogP contribution in [0.1, 0.15) is 0 Å². The van der Waals surface area contributed by atoms with Gasteiger partial charge in [0.05, 0.1) is 0 Å². The van der Waals surface area contributed by atoms with Gasteiger partial charge >= 0.3 is 0 Å². The second-order valence-corrected chi connectivity index (χ2v) is 4.46. The quantitative estimate of drug-likeness (QED) is 0.672. The zero-order valence-electron chi connectivity index (χ0n) is 9.61. The number of rotatable bonds is 3. The van der Waals surface area contributed by atoms with E-state index in [-0.39, 0.29) is 11.4 Å². The molecule has 0 aliphatic carbocycles. The number of nitrogen functional groups attached to an aromatic ring is 1. The van der Waals surface area contributed by atoms with Gasteiger partial charge in [-0.1, -0.05) is 0 Å². The Hall–Kier alpha value is -1.75. The molecule has 2 aromatic carbocycles. The smallest absolute Gasteiger partial charge is 0.156 e. The predicted molar refractivity (Wildman–Crippen MR) is 69.1 cm³/mol. The van der Waals surface area contributed by atoms with E-state index in [1.807, 2.05) is 18.4 Å². The first-order chi connectivity index (χ1) is 8.60. The number of thioether (sulfide) groups is 1. The fraction of sp³-hybridized carbons (Fsp3) is 0.0769. The Morgan fingerprint density at radius 2 is 1.78 bits per heavy atom. The van der Waals surface area contributed by atoms with Crippen molar-refractivity contribution in [1.29, 1.82) is 0 Å². The maximum Gasteiger partial charge on any atom is 0.156 e. The van der Waals surface area contributed by atoms with Gasteiger partial charge in [-0.25, -0.2) is 8.78 Å². The van der Waals surface area contributed by atoms with Gasteiger partial charge < -0.3 is 10.5 Å². The van der Waals surface area contributed by atoms with E-state index < -0.39 is 11.6 Å². The van der Waals surface area contributed by atoms with Crippen molar-refractivity contribution in [2.45, 2.75) is 4.90 Å². The van der Waals surface area contributed by atoms with E-state index in [1.165, 1.54) is 0 Å². The Labute approximate surface area is 108 Å². The number of hydrogen-bond donors (Lipinski definition) is 1. The topological polar surface area (TPSA) is 35.2 Å². The molecule has 0 saturated heterocycles. The summed E-state index contributed by atoms with van der Waals surface area (Å²) in [6.07, 6.45) is 1.95. The van der Waals surface area contributed by atoms with E-state index >= 15 is 0 Å². The highest BCUT2D eigenvalue weighted by Crippen LogP contribution is 2.31. The van der Waals surface area contributed by atoms with Crippen molar-refractivity contribution >= 4 is 17.4 Å². The zero-order valence-corrected chi connectivity index (χ0v) is 10.4. The van der Waals surface area contributed by atoms with Crippen LogP contribution >= 0.6 is 11.8 Å². The van der Waals surface area contributed by atoms with E-state index in [4.69, 9.17) is 10.5 Å². The average Bonchev–Trinajstić information content (AvgIpc) is 2.36. The average molecular weight is 267 g/mol. The van der Waals surface area contributed by atoms with Gasteiger partial charge in [-0.05, 0) is 30.5 Å². The van der Waals surface area contributed by atoms with Crippen LogP contribution in [0.4, 0.5) is 14.5 Å². The molecule has 0 radical (unpaired) electrons. The number of hydrogen-bond acceptors (Lipinski definition) is 3. The first-order valence-electron chi connectivity index (χ1n) is 5.16. The molecule has 0 amide bonds. The van der Waals surface area contributed by atoms with E-state index in [1.54, 1.807) is 23.9 Å². The third-order valence-electron chi connectivity index (χ3n) is 2.34. The second kappa shape index (κ2) is 5.27. The highest BCUT2D eigenvalue weighted by molar-refractivity contribution is 7.98. The van der Waals surface area contributed by atoms with E-state index in [2.05, 4.69) is 0 Å². The van der Waals surface area contributed by atoms with Crippen LogP contribution in [0, 0.1) is 11.6 Å². The van der Waals surface area contributed by atoms with Gasteiger partial charge in [0, 0.05) is 17.0 Å². The Morgan fingerprint density at radius 3 is 2.39 bits per heavy atom. The zero-order chi connectivity index (χ0) is 13.1. The minimum absolute atomic E-state index is 0.0237. The molecular formula is C13H11F2NOS. The lowest BCUT2D eigenvalue weighted by Gasteiger charge is -2.09. The molecule has 0 heterocycles. The minimum Gasteiger partial charge on any atom is -0.455 e. The number of ether oxygens (including phenoxy) is 1. The normalized spacial score (nSPS) is 10.4. The molecule has 0 unspecified atom stereocenters. The number of benzene rings is 2. The van der Waals surface area contributed by atoms with Crippen LogP contribution in [0.25, 0.3) is 0 Å². The molecule has 0 aromatic heterocycles. The molecule has 0 aliphatic heterocycles. The molecule has 2 rings (SSSR count). The van der Waals surface area contributed by atoms with Crippen molar-refractivity contribution in [2.75, 3.05) is 12.0 Å². The molecule has 0 spiro atoms. The van der Waals surface area contributed by atoms with Crippen LogP contribution in [0.5, 0.6) is 11.5 Å². The van der Waals surface area contributed by atoms with Crippen LogP contribution in [-0.2, 0) is 0 Å². The largest absolute Gasteiger partial charge is 0.455 e. The fourth-order valence-corrected chi connectivity index (χ4v) is 1.82. The Bertz CT molecular complexity index is 558. The van der Waals surface area contributed by atoms with E-state index in [0.29, 0.717) is 5.75 Å². The minimum atomic E-state index is -0.828. The summed E-state index contributed by atoms with van der Waals surface area (Å²) in [6.45, 7) is 0. The Balaban J connectivity index is 2.27. The summed E-state index contributed by atoms with van der Waals surface area (Å²) in [5, 5.41) is 0. The summed E-state index contributed by atoms with van der Waals surface area (Å²) >= 11 is 1.59. The standard InChI is InChI=1S/C13H11F2NOS/c1-18-10-4-2-9(3-5-10)17-12-7-8(14)6-11(15)13(12)16/h2-7H,16H2,1H3. The predicted octanol–water partition coefficient (Wildman–Crippen LogP) is 4.06. The Morgan fingerprint density at radius 1 is 1.11 bits per heavy atom. The molecule has 2 nitrogen and oxygen atoms in total. The highest BCUT2D eigenvalue weighted by atomic mass is 32.2. The van der Waals surface area contributed by atoms with Gasteiger partial charge in [0.25, 0.3) is 0 Å². The van der Waals surface area contributed by atoms with E-state index in [0.717, 1.165) is 17.0 Å². The number of anilines is 1. The SMILES string of the molecule is CSc1ccc(Oc2cc(F)cc(F)c2N)cc1. The summed E-state index contributed by atoms with van der Waals surface area (Å²) in [4.78, 5) is 1.07. The highest BCUT2D eigenvalue weighted by Gasteiger charge is 2.10. The maximum absolute atomic E-state index is 13.2. The van der Waals surface area contributed by atoms with Crippen molar-refractivity contribution in [1.82, 2.24) is 0 Å². The first-order valence-corrected chi connectivity index (χ1v) is 6.39. The molecule has 0 aliphatic rings. The van der Waals surface area contributed by atoms with Crippen LogP contribution < -0.4 is 10.5 Å². The fourth-order valence-electron chi connectivity index (χ4n) is 1.42. The monoisotopic (exact) mass is 267 g/mol. The van der Waals surface area contributed by atoms with E-state index in [9.17, 15) is 8.78 Å². The molecular weight excluding hydrogens is 256 g/mol. The van der Waals surface area contributed by atoms with Gasteiger partial charge in [0.15, 0.2) is 11.6 Å². The molecule has 5 heteroatoms. The Kier molecular flexibility index (Phi) is 3.72. The van der Waals surface area contributed by atoms with Gasteiger partial charge in [0.2, 0.25) is 0 Å². The molecule has 0 fully saturated rings. The molecule has 18 heavy (non-hydrogen) atoms. The van der Waals surface area contributed by atoms with Crippen molar-refractivity contribution < 1.29 is 13.5 Å². The van der Waals surface area contributed by atoms with Gasteiger partial charge in [0.1, 0.15) is 17.3 Å². The van der Waals surface area contributed by atoms with Crippen molar-refractivity contribution in [3.63, 3.8) is 0 Å². The summed E-state index contributed by atoms with van der Waals surface area (Å²) in [7, 11) is 0. The van der Waals surface area contributed by atoms with Crippen LogP contribution in [0.15, 0.2) is 41.3 Å².